The highest BCUT2D eigenvalue weighted by Crippen LogP contribution is 2.23. The van der Waals surface area contributed by atoms with Gasteiger partial charge in [-0.2, -0.15) is 0 Å². The summed E-state index contributed by atoms with van der Waals surface area (Å²) < 4.78 is 22.0. The molecule has 0 radical (unpaired) electrons. The van der Waals surface area contributed by atoms with E-state index in [0.29, 0.717) is 90.8 Å². The number of hydrogen-bond donors (Lipinski definition) is 3. The molecule has 1 heterocycles. The molecular formula is C28H43N3O9. The number of carbonyl (C=O) groups is 4. The van der Waals surface area contributed by atoms with E-state index in [4.69, 9.17) is 24.1 Å². The number of nitrogens with one attached hydrogen (secondary N) is 2. The highest BCUT2D eigenvalue weighted by molar-refractivity contribution is 6.00. The second kappa shape index (κ2) is 20.0. The van der Waals surface area contributed by atoms with Gasteiger partial charge in [0.2, 0.25) is 11.8 Å². The summed E-state index contributed by atoms with van der Waals surface area (Å²) in [6.45, 7) is 4.74. The average molecular weight is 566 g/mol. The predicted octanol–water partition coefficient (Wildman–Crippen LogP) is 1.86. The Kier molecular flexibility index (Phi) is 16.7. The largest absolute Gasteiger partial charge is 0.481 e. The number of carbonyl (C=O) groups excluding carboxylic acids is 3. The molecule has 0 saturated carbocycles. The van der Waals surface area contributed by atoms with E-state index in [9.17, 15) is 19.2 Å². The van der Waals surface area contributed by atoms with Crippen molar-refractivity contribution < 1.29 is 43.2 Å². The van der Waals surface area contributed by atoms with Crippen LogP contribution in [0.15, 0.2) is 18.2 Å². The quantitative estimate of drug-likeness (QED) is 0.101. The van der Waals surface area contributed by atoms with Crippen LogP contribution in [0, 0.1) is 0 Å². The van der Waals surface area contributed by atoms with Gasteiger partial charge in [-0.3, -0.25) is 29.4 Å². The van der Waals surface area contributed by atoms with Gasteiger partial charge in [0.1, 0.15) is 6.29 Å². The molecular weight excluding hydrogens is 522 g/mol. The molecule has 1 aromatic rings. The average Bonchev–Trinajstić information content (AvgIpc) is 2.92. The minimum Gasteiger partial charge on any atom is -0.481 e. The van der Waals surface area contributed by atoms with Crippen molar-refractivity contribution in [3.8, 4) is 0 Å². The van der Waals surface area contributed by atoms with Gasteiger partial charge in [0.15, 0.2) is 0 Å². The number of likely N-dealkylation sites (N-methyl/N-ethyl adjacent to an activating group) is 1. The van der Waals surface area contributed by atoms with Crippen LogP contribution >= 0.6 is 0 Å². The van der Waals surface area contributed by atoms with Crippen LogP contribution in [0.25, 0.3) is 0 Å². The molecule has 1 aromatic carbocycles. The fourth-order valence-electron chi connectivity index (χ4n) is 4.20. The van der Waals surface area contributed by atoms with E-state index in [1.54, 1.807) is 12.1 Å². The van der Waals surface area contributed by atoms with E-state index in [1.807, 2.05) is 18.0 Å². The third-order valence-corrected chi connectivity index (χ3v) is 6.35. The number of anilines is 1. The van der Waals surface area contributed by atoms with Crippen LogP contribution in [0.4, 0.5) is 5.69 Å². The third-order valence-electron chi connectivity index (χ3n) is 6.35. The fraction of sp³-hybridized carbons (Fsp3) is 0.643. The van der Waals surface area contributed by atoms with Crippen LogP contribution in [-0.4, -0.2) is 107 Å². The predicted molar refractivity (Wildman–Crippen MR) is 147 cm³/mol. The fourth-order valence-corrected chi connectivity index (χ4v) is 4.20. The summed E-state index contributed by atoms with van der Waals surface area (Å²) >= 11 is 0. The molecule has 1 unspecified atom stereocenters. The molecule has 12 heteroatoms. The Hall–Kier alpha value is -2.90. The van der Waals surface area contributed by atoms with E-state index < -0.39 is 12.0 Å². The van der Waals surface area contributed by atoms with Crippen molar-refractivity contribution in [2.24, 2.45) is 0 Å². The zero-order valence-electron chi connectivity index (χ0n) is 23.4. The molecule has 1 aliphatic heterocycles. The highest BCUT2D eigenvalue weighted by Gasteiger charge is 2.30. The lowest BCUT2D eigenvalue weighted by Crippen LogP contribution is -2.51. The molecule has 0 aliphatic carbocycles. The minimum atomic E-state index is -0.762. The van der Waals surface area contributed by atoms with Crippen LogP contribution in [0.1, 0.15) is 54.4 Å². The molecule has 1 atom stereocenters. The molecule has 0 bridgehead atoms. The summed E-state index contributed by atoms with van der Waals surface area (Å²) in [4.78, 5) is 47.6. The van der Waals surface area contributed by atoms with Gasteiger partial charge in [-0.25, -0.2) is 0 Å². The molecule has 40 heavy (non-hydrogen) atoms. The maximum absolute atomic E-state index is 12.2. The summed E-state index contributed by atoms with van der Waals surface area (Å²) in [6, 6.07) is 5.00. The van der Waals surface area contributed by atoms with Crippen molar-refractivity contribution >= 4 is 29.8 Å². The number of amides is 2. The molecule has 1 saturated heterocycles. The first-order chi connectivity index (χ1) is 19.4. The number of imide groups is 1. The molecule has 224 valence electrons. The zero-order valence-corrected chi connectivity index (χ0v) is 23.4. The molecule has 1 fully saturated rings. The minimum absolute atomic E-state index is 0.205. The topological polar surface area (TPSA) is 153 Å². The van der Waals surface area contributed by atoms with Crippen molar-refractivity contribution in [2.45, 2.75) is 51.1 Å². The molecule has 3 N–H and O–H groups in total. The van der Waals surface area contributed by atoms with Crippen molar-refractivity contribution in [3.05, 3.63) is 29.3 Å². The van der Waals surface area contributed by atoms with Crippen LogP contribution in [0.3, 0.4) is 0 Å². The zero-order chi connectivity index (χ0) is 29.0. The lowest BCUT2D eigenvalue weighted by molar-refractivity contribution is -0.138. The maximum Gasteiger partial charge on any atom is 0.303 e. The third kappa shape index (κ3) is 13.4. The molecule has 1 aliphatic rings. The normalized spacial score (nSPS) is 15.3. The number of benzene rings is 1. The number of ether oxygens (including phenoxy) is 4. The first-order valence-electron chi connectivity index (χ1n) is 13.8. The van der Waals surface area contributed by atoms with Gasteiger partial charge < -0.3 is 29.4 Å². The SMILES string of the molecule is CN(Cc1c(C=O)cccc1NCCOCCOCCOCCOCCCCCC(=O)O)C1CCC(=O)NC1=O. The standard InChI is InChI=1S/C28H43N3O9/c1-31(25-9-10-26(33)30-28(25)36)20-23-22(21-32)6-5-7-24(23)29-11-13-38-15-17-40-19-18-39-16-14-37-12-4-2-3-8-27(34)35/h5-7,21,25,29H,2-4,8-20H2,1H3,(H,34,35)(H,30,33,36). The monoisotopic (exact) mass is 565 g/mol. The van der Waals surface area contributed by atoms with Crippen LogP contribution in [0.2, 0.25) is 0 Å². The number of nitrogens with zero attached hydrogens (tertiary/aromatic N) is 1. The van der Waals surface area contributed by atoms with Crippen LogP contribution in [-0.2, 0) is 39.9 Å². The second-order valence-electron chi connectivity index (χ2n) is 9.45. The maximum atomic E-state index is 12.2. The molecule has 12 nitrogen and oxygen atoms in total. The Morgan fingerprint density at radius 2 is 1.65 bits per heavy atom. The first kappa shape index (κ1) is 33.3. The number of carboxylic acid groups (broad SMARTS) is 1. The summed E-state index contributed by atoms with van der Waals surface area (Å²) in [6.07, 6.45) is 4.12. The molecule has 0 spiro atoms. The summed E-state index contributed by atoms with van der Waals surface area (Å²) in [7, 11) is 1.81. The Balaban J connectivity index is 1.53. The number of aldehydes is 1. The van der Waals surface area contributed by atoms with Crippen molar-refractivity contribution in [3.63, 3.8) is 0 Å². The number of hydrogen-bond acceptors (Lipinski definition) is 10. The first-order valence-corrected chi connectivity index (χ1v) is 13.8. The Bertz CT molecular complexity index is 928. The number of piperidine rings is 1. The van der Waals surface area contributed by atoms with Crippen molar-refractivity contribution in [1.29, 1.82) is 0 Å². The Morgan fingerprint density at radius 3 is 2.27 bits per heavy atom. The van der Waals surface area contributed by atoms with Gasteiger partial charge in [-0.15, -0.1) is 0 Å². The van der Waals surface area contributed by atoms with E-state index in [1.165, 1.54) is 0 Å². The summed E-state index contributed by atoms with van der Waals surface area (Å²) in [5, 5.41) is 14.3. The Morgan fingerprint density at radius 1 is 1.00 bits per heavy atom. The lowest BCUT2D eigenvalue weighted by atomic mass is 10.0. The number of aliphatic carboxylic acids is 1. The van der Waals surface area contributed by atoms with Gasteiger partial charge in [0, 0.05) is 43.8 Å². The van der Waals surface area contributed by atoms with Gasteiger partial charge in [-0.1, -0.05) is 18.6 Å². The van der Waals surface area contributed by atoms with E-state index in [2.05, 4.69) is 10.6 Å². The molecule has 2 rings (SSSR count). The highest BCUT2D eigenvalue weighted by atomic mass is 16.6. The van der Waals surface area contributed by atoms with Crippen molar-refractivity contribution in [1.82, 2.24) is 10.2 Å². The van der Waals surface area contributed by atoms with Gasteiger partial charge >= 0.3 is 5.97 Å². The van der Waals surface area contributed by atoms with Gasteiger partial charge in [-0.05, 0) is 37.9 Å². The number of rotatable bonds is 23. The van der Waals surface area contributed by atoms with Crippen LogP contribution < -0.4 is 10.6 Å². The van der Waals surface area contributed by atoms with E-state index in [-0.39, 0.29) is 18.2 Å². The summed E-state index contributed by atoms with van der Waals surface area (Å²) in [5.74, 6) is -1.33. The molecule has 2 amide bonds. The van der Waals surface area contributed by atoms with E-state index in [0.717, 1.165) is 30.4 Å². The van der Waals surface area contributed by atoms with Crippen molar-refractivity contribution in [2.75, 3.05) is 71.8 Å². The van der Waals surface area contributed by atoms with Crippen LogP contribution in [0.5, 0.6) is 0 Å². The van der Waals surface area contributed by atoms with Gasteiger partial charge in [0.05, 0.1) is 52.3 Å². The summed E-state index contributed by atoms with van der Waals surface area (Å²) in [5.41, 5.74) is 2.12. The van der Waals surface area contributed by atoms with E-state index >= 15 is 0 Å². The number of carboxylic acids is 1. The smallest absolute Gasteiger partial charge is 0.303 e. The van der Waals surface area contributed by atoms with Gasteiger partial charge in [0.25, 0.3) is 0 Å². The number of unbranched alkanes of at least 4 members (excludes halogenated alkanes) is 2. The lowest BCUT2D eigenvalue weighted by Gasteiger charge is -2.30. The Labute approximate surface area is 235 Å². The molecule has 0 aromatic heterocycles. The second-order valence-corrected chi connectivity index (χ2v) is 9.45.